The van der Waals surface area contributed by atoms with E-state index < -0.39 is 0 Å². The predicted molar refractivity (Wildman–Crippen MR) is 77.0 cm³/mol. The molecule has 1 aromatic carbocycles. The molecular weight excluding hydrogens is 271 g/mol. The molecule has 21 heavy (non-hydrogen) atoms. The summed E-state index contributed by atoms with van der Waals surface area (Å²) >= 11 is 0. The molecule has 1 aromatic heterocycles. The summed E-state index contributed by atoms with van der Waals surface area (Å²) in [5, 5.41) is 0. The second-order valence-corrected chi connectivity index (χ2v) is 4.43. The van der Waals surface area contributed by atoms with Gasteiger partial charge in [-0.15, -0.1) is 6.42 Å². The summed E-state index contributed by atoms with van der Waals surface area (Å²) in [5.74, 6) is 1.72. The molecule has 1 N–H and O–H groups in total. The van der Waals surface area contributed by atoms with Crippen molar-refractivity contribution >= 4 is 5.91 Å². The second kappa shape index (κ2) is 6.53. The number of hydrogen-bond donors (Lipinski definition) is 1. The summed E-state index contributed by atoms with van der Waals surface area (Å²) in [6, 6.07) is 8.55. The van der Waals surface area contributed by atoms with Crippen LogP contribution in [-0.4, -0.2) is 22.3 Å². The molecule has 0 fully saturated rings. The fraction of sp³-hybridized carbons (Fsp3) is 0.125. The van der Waals surface area contributed by atoms with Crippen molar-refractivity contribution < 1.29 is 9.18 Å². The van der Waals surface area contributed by atoms with Crippen LogP contribution in [0.3, 0.4) is 0 Å². The zero-order chi connectivity index (χ0) is 15.2. The lowest BCUT2D eigenvalue weighted by Gasteiger charge is -2.20. The van der Waals surface area contributed by atoms with Crippen LogP contribution in [0.5, 0.6) is 0 Å². The Morgan fingerprint density at radius 2 is 2.00 bits per heavy atom. The molecular formula is C16H13FN2O2. The Morgan fingerprint density at radius 1 is 1.29 bits per heavy atom. The van der Waals surface area contributed by atoms with Gasteiger partial charge in [0.25, 0.3) is 5.91 Å². The molecule has 0 aliphatic carbocycles. The topological polar surface area (TPSA) is 53.2 Å². The Labute approximate surface area is 121 Å². The summed E-state index contributed by atoms with van der Waals surface area (Å²) in [6.07, 6.45) is 6.69. The summed E-state index contributed by atoms with van der Waals surface area (Å²) in [5.41, 5.74) is 0.657. The van der Waals surface area contributed by atoms with Crippen molar-refractivity contribution in [2.45, 2.75) is 6.54 Å². The zero-order valence-electron chi connectivity index (χ0n) is 11.2. The number of rotatable bonds is 4. The maximum absolute atomic E-state index is 12.9. The fourth-order valence-corrected chi connectivity index (χ4v) is 1.88. The van der Waals surface area contributed by atoms with E-state index in [0.717, 1.165) is 5.56 Å². The van der Waals surface area contributed by atoms with Crippen LogP contribution < -0.4 is 5.56 Å². The first-order valence-electron chi connectivity index (χ1n) is 6.26. The highest BCUT2D eigenvalue weighted by molar-refractivity contribution is 5.94. The van der Waals surface area contributed by atoms with E-state index in [1.807, 2.05) is 0 Å². The summed E-state index contributed by atoms with van der Waals surface area (Å²) in [6.45, 7) is 0.346. The molecule has 0 radical (unpaired) electrons. The molecule has 0 saturated heterocycles. The lowest BCUT2D eigenvalue weighted by atomic mass is 10.1. The summed E-state index contributed by atoms with van der Waals surface area (Å²) in [7, 11) is 0. The van der Waals surface area contributed by atoms with Crippen LogP contribution in [0.1, 0.15) is 15.9 Å². The number of aromatic nitrogens is 1. The van der Waals surface area contributed by atoms with Gasteiger partial charge in [-0.1, -0.05) is 18.1 Å². The van der Waals surface area contributed by atoms with Gasteiger partial charge in [-0.05, 0) is 23.8 Å². The Hall–Kier alpha value is -2.87. The number of halogens is 1. The molecule has 2 rings (SSSR count). The van der Waals surface area contributed by atoms with E-state index in [1.165, 1.54) is 35.4 Å². The Bertz CT molecular complexity index is 729. The van der Waals surface area contributed by atoms with Gasteiger partial charge in [0, 0.05) is 24.4 Å². The third-order valence-electron chi connectivity index (χ3n) is 2.88. The van der Waals surface area contributed by atoms with E-state index in [1.54, 1.807) is 12.1 Å². The molecule has 0 saturated carbocycles. The number of pyridine rings is 1. The normalized spacial score (nSPS) is 9.90. The van der Waals surface area contributed by atoms with Gasteiger partial charge in [0.05, 0.1) is 6.54 Å². The standard InChI is InChI=1S/C16H13FN2O2/c1-2-9-19(11-12-3-5-14(17)6-4-12)16(21)13-7-8-18-15(20)10-13/h1,3-8,10H,9,11H2,(H,18,20). The molecule has 2 aromatic rings. The average Bonchev–Trinajstić information content (AvgIpc) is 2.48. The van der Waals surface area contributed by atoms with Gasteiger partial charge in [0.2, 0.25) is 5.56 Å². The van der Waals surface area contributed by atoms with Crippen LogP contribution >= 0.6 is 0 Å². The first-order chi connectivity index (χ1) is 10.1. The largest absolute Gasteiger partial charge is 0.329 e. The highest BCUT2D eigenvalue weighted by atomic mass is 19.1. The molecule has 0 atom stereocenters. The van der Waals surface area contributed by atoms with E-state index in [2.05, 4.69) is 10.9 Å². The molecule has 0 aliphatic heterocycles. The third kappa shape index (κ3) is 3.80. The lowest BCUT2D eigenvalue weighted by Crippen LogP contribution is -2.31. The minimum Gasteiger partial charge on any atom is -0.329 e. The molecule has 5 heteroatoms. The monoisotopic (exact) mass is 284 g/mol. The lowest BCUT2D eigenvalue weighted by molar-refractivity contribution is 0.0765. The summed E-state index contributed by atoms with van der Waals surface area (Å²) in [4.78, 5) is 27.5. The van der Waals surface area contributed by atoms with E-state index in [4.69, 9.17) is 6.42 Å². The zero-order valence-corrected chi connectivity index (χ0v) is 11.2. The Morgan fingerprint density at radius 3 is 2.62 bits per heavy atom. The number of terminal acetylenes is 1. The van der Waals surface area contributed by atoms with Crippen LogP contribution in [0.15, 0.2) is 47.4 Å². The molecule has 0 spiro atoms. The van der Waals surface area contributed by atoms with Crippen molar-refractivity contribution in [2.75, 3.05) is 6.54 Å². The van der Waals surface area contributed by atoms with Crippen molar-refractivity contribution in [1.82, 2.24) is 9.88 Å². The number of hydrogen-bond acceptors (Lipinski definition) is 2. The van der Waals surface area contributed by atoms with Crippen LogP contribution in [-0.2, 0) is 6.54 Å². The molecule has 4 nitrogen and oxygen atoms in total. The number of H-pyrrole nitrogens is 1. The Balaban J connectivity index is 2.22. The van der Waals surface area contributed by atoms with Gasteiger partial charge in [-0.25, -0.2) is 4.39 Å². The molecule has 0 unspecified atom stereocenters. The van der Waals surface area contributed by atoms with Crippen LogP contribution in [0.2, 0.25) is 0 Å². The van der Waals surface area contributed by atoms with Gasteiger partial charge < -0.3 is 9.88 Å². The molecule has 0 aliphatic rings. The summed E-state index contributed by atoms with van der Waals surface area (Å²) < 4.78 is 12.9. The highest BCUT2D eigenvalue weighted by Gasteiger charge is 2.15. The number of carbonyl (C=O) groups is 1. The number of nitrogens with one attached hydrogen (secondary N) is 1. The smallest absolute Gasteiger partial charge is 0.255 e. The number of amides is 1. The number of aromatic amines is 1. The van der Waals surface area contributed by atoms with Gasteiger partial charge in [-0.2, -0.15) is 0 Å². The molecule has 1 heterocycles. The van der Waals surface area contributed by atoms with Crippen molar-refractivity contribution in [3.05, 3.63) is 69.9 Å². The van der Waals surface area contributed by atoms with Crippen LogP contribution in [0.25, 0.3) is 0 Å². The Kier molecular flexibility index (Phi) is 4.52. The van der Waals surface area contributed by atoms with Gasteiger partial charge in [0.1, 0.15) is 5.82 Å². The van der Waals surface area contributed by atoms with Crippen LogP contribution in [0.4, 0.5) is 4.39 Å². The second-order valence-electron chi connectivity index (χ2n) is 4.43. The van der Waals surface area contributed by atoms with E-state index in [9.17, 15) is 14.0 Å². The van der Waals surface area contributed by atoms with E-state index in [-0.39, 0.29) is 35.9 Å². The number of benzene rings is 1. The molecule has 1 amide bonds. The van der Waals surface area contributed by atoms with Crippen molar-refractivity contribution in [3.8, 4) is 12.3 Å². The first kappa shape index (κ1) is 14.5. The van der Waals surface area contributed by atoms with Crippen LogP contribution in [0, 0.1) is 18.2 Å². The third-order valence-corrected chi connectivity index (χ3v) is 2.88. The molecule has 0 bridgehead atoms. The first-order valence-corrected chi connectivity index (χ1v) is 6.26. The van der Waals surface area contributed by atoms with Gasteiger partial charge in [-0.3, -0.25) is 9.59 Å². The van der Waals surface area contributed by atoms with Gasteiger partial charge in [0.15, 0.2) is 0 Å². The SMILES string of the molecule is C#CCN(Cc1ccc(F)cc1)C(=O)c1cc[nH]c(=O)c1. The maximum Gasteiger partial charge on any atom is 0.255 e. The minimum atomic E-state index is -0.358. The average molecular weight is 284 g/mol. The van der Waals surface area contributed by atoms with E-state index in [0.29, 0.717) is 0 Å². The number of nitrogens with zero attached hydrogens (tertiary/aromatic N) is 1. The fourth-order valence-electron chi connectivity index (χ4n) is 1.88. The van der Waals surface area contributed by atoms with Crippen molar-refractivity contribution in [1.29, 1.82) is 0 Å². The maximum atomic E-state index is 12.9. The van der Waals surface area contributed by atoms with Gasteiger partial charge >= 0.3 is 0 Å². The van der Waals surface area contributed by atoms with Crippen molar-refractivity contribution in [2.24, 2.45) is 0 Å². The molecule has 106 valence electrons. The van der Waals surface area contributed by atoms with E-state index >= 15 is 0 Å². The quantitative estimate of drug-likeness (QED) is 0.870. The number of carbonyl (C=O) groups excluding carboxylic acids is 1. The van der Waals surface area contributed by atoms with Crippen molar-refractivity contribution in [3.63, 3.8) is 0 Å². The predicted octanol–water partition coefficient (Wildman–Crippen LogP) is 1.79. The minimum absolute atomic E-state index is 0.100. The highest BCUT2D eigenvalue weighted by Crippen LogP contribution is 2.09.